The number of benzene rings is 7. The van der Waals surface area contributed by atoms with Crippen molar-refractivity contribution in [3.05, 3.63) is 197 Å². The maximum atomic E-state index is 12.8. The van der Waals surface area contributed by atoms with E-state index in [0.717, 1.165) is 22.9 Å². The third-order valence-corrected chi connectivity index (χ3v) is 10.1. The number of para-hydroxylation sites is 1. The topological polar surface area (TPSA) is 166 Å². The maximum absolute atomic E-state index is 12.8. The summed E-state index contributed by atoms with van der Waals surface area (Å²) in [4.78, 5) is 47.3. The van der Waals surface area contributed by atoms with Gasteiger partial charge >= 0.3 is 17.9 Å². The molecule has 0 bridgehead atoms. The van der Waals surface area contributed by atoms with Crippen LogP contribution in [0, 0.1) is 12.5 Å². The third-order valence-electron chi connectivity index (χ3n) is 10.1. The molecule has 7 aromatic rings. The molecule has 332 valence electrons. The molecule has 0 saturated heterocycles. The minimum atomic E-state index is -1.34. The molecule has 0 atom stereocenters. The van der Waals surface area contributed by atoms with Gasteiger partial charge in [-0.25, -0.2) is 14.4 Å². The van der Waals surface area contributed by atoms with Crippen LogP contribution in [0.1, 0.15) is 61.6 Å². The zero-order valence-electron chi connectivity index (χ0n) is 35.7. The summed E-state index contributed by atoms with van der Waals surface area (Å²) in [5.74, 6) is 0.806. The van der Waals surface area contributed by atoms with Crippen molar-refractivity contribution in [3.8, 4) is 64.3 Å². The van der Waals surface area contributed by atoms with Crippen LogP contribution in [0.3, 0.4) is 0 Å². The summed E-state index contributed by atoms with van der Waals surface area (Å²) in [6.45, 7) is 4.67. The largest absolute Gasteiger partial charge is 0.490 e. The Bertz CT molecular complexity index is 2810. The van der Waals surface area contributed by atoms with Gasteiger partial charge in [-0.3, -0.25) is 0 Å². The Balaban J connectivity index is 0.868. The van der Waals surface area contributed by atoms with Crippen LogP contribution in [0.4, 0.5) is 0 Å². The molecular weight excluding hydrogens is 845 g/mol. The van der Waals surface area contributed by atoms with E-state index in [0.29, 0.717) is 46.7 Å². The van der Waals surface area contributed by atoms with Gasteiger partial charge in [-0.05, 0) is 132 Å². The Morgan fingerprint density at radius 2 is 0.985 bits per heavy atom. The van der Waals surface area contributed by atoms with Gasteiger partial charge in [0.15, 0.2) is 5.75 Å². The summed E-state index contributed by atoms with van der Waals surface area (Å²) in [5, 5.41) is 19.3. The fourth-order valence-corrected chi connectivity index (χ4v) is 6.60. The van der Waals surface area contributed by atoms with Gasteiger partial charge in [0.2, 0.25) is 0 Å². The Labute approximate surface area is 380 Å². The van der Waals surface area contributed by atoms with E-state index in [2.05, 4.69) is 13.8 Å². The minimum Gasteiger partial charge on any atom is -0.490 e. The Kier molecular flexibility index (Phi) is 14.5. The smallest absolute Gasteiger partial charge is 0.344 e. The molecule has 2 N–H and O–H groups in total. The van der Waals surface area contributed by atoms with Crippen molar-refractivity contribution in [2.45, 2.75) is 25.9 Å². The van der Waals surface area contributed by atoms with Gasteiger partial charge in [0.05, 0.1) is 16.7 Å². The molecule has 0 aliphatic heterocycles. The maximum Gasteiger partial charge on any atom is 0.344 e. The van der Waals surface area contributed by atoms with Crippen LogP contribution in [0.5, 0.6) is 51.7 Å². The van der Waals surface area contributed by atoms with Crippen molar-refractivity contribution < 1.29 is 62.8 Å². The van der Waals surface area contributed by atoms with Crippen LogP contribution in [0.25, 0.3) is 0 Å². The standard InChI is InChI=1S/C53H42O13/c1-4-59-45-28-29-47(49(33-45)51(56)57)52(58)65-43-22-20-41(21-23-43)63-39-16-11-36(12-17-39)53(2,3)37-13-18-40(19-14-37)64-42-24-26-44(27-25-42)66-62-34-35-10-15-46(32-48(35)50(54)55)61-31-30-60-38-8-6-5-7-9-38/h1,5-29,32-33H,30-31,34H2,2-3H3,(H,54,55)(H,56,57). The number of carboxylic acid groups (broad SMARTS) is 2. The number of carboxylic acids is 2. The number of hydrogen-bond donors (Lipinski definition) is 2. The molecule has 0 saturated carbocycles. The average molecular weight is 887 g/mol. The quantitative estimate of drug-likeness (QED) is 0.0186. The highest BCUT2D eigenvalue weighted by Gasteiger charge is 2.24. The van der Waals surface area contributed by atoms with E-state index in [1.54, 1.807) is 60.7 Å². The van der Waals surface area contributed by atoms with E-state index in [4.69, 9.17) is 44.6 Å². The first kappa shape index (κ1) is 45.3. The number of terminal acetylenes is 1. The Hall–Kier alpha value is -8.73. The Morgan fingerprint density at radius 3 is 1.53 bits per heavy atom. The predicted molar refractivity (Wildman–Crippen MR) is 242 cm³/mol. The lowest BCUT2D eigenvalue weighted by atomic mass is 9.78. The van der Waals surface area contributed by atoms with Gasteiger partial charge in [0, 0.05) is 5.41 Å². The van der Waals surface area contributed by atoms with E-state index < -0.39 is 17.9 Å². The monoisotopic (exact) mass is 886 g/mol. The van der Waals surface area contributed by atoms with Crippen molar-refractivity contribution in [3.63, 3.8) is 0 Å². The predicted octanol–water partition coefficient (Wildman–Crippen LogP) is 11.2. The minimum absolute atomic E-state index is 0.0333. The van der Waals surface area contributed by atoms with E-state index in [1.807, 2.05) is 85.0 Å². The molecular formula is C53H42O13. The molecule has 0 aliphatic carbocycles. The van der Waals surface area contributed by atoms with E-state index in [1.165, 1.54) is 18.2 Å². The fraction of sp³-hybridized carbons (Fsp3) is 0.113. The van der Waals surface area contributed by atoms with Gasteiger partial charge < -0.3 is 43.5 Å². The lowest BCUT2D eigenvalue weighted by Crippen LogP contribution is -2.18. The van der Waals surface area contributed by atoms with Crippen molar-refractivity contribution in [1.82, 2.24) is 0 Å². The van der Waals surface area contributed by atoms with Gasteiger partial charge in [-0.15, -0.1) is 0 Å². The van der Waals surface area contributed by atoms with Crippen LogP contribution in [-0.2, 0) is 16.9 Å². The van der Waals surface area contributed by atoms with Crippen LogP contribution >= 0.6 is 0 Å². The molecule has 0 heterocycles. The summed E-state index contributed by atoms with van der Waals surface area (Å²) >= 11 is 0. The number of hydrogen-bond acceptors (Lipinski definition) is 11. The fourth-order valence-electron chi connectivity index (χ4n) is 6.60. The van der Waals surface area contributed by atoms with Gasteiger partial charge in [0.1, 0.15) is 71.9 Å². The lowest BCUT2D eigenvalue weighted by molar-refractivity contribution is -0.217. The number of rotatable bonds is 20. The molecule has 13 heteroatoms. The van der Waals surface area contributed by atoms with Gasteiger partial charge in [0.25, 0.3) is 0 Å². The molecule has 7 rings (SSSR count). The van der Waals surface area contributed by atoms with E-state index >= 15 is 0 Å². The van der Waals surface area contributed by atoms with Gasteiger partial charge in [-0.2, -0.15) is 4.89 Å². The third kappa shape index (κ3) is 11.8. The number of carbonyl (C=O) groups is 3. The molecule has 0 aliphatic rings. The molecule has 0 radical (unpaired) electrons. The molecule has 0 amide bonds. The SMILES string of the molecule is C#COc1ccc(C(=O)Oc2ccc(Oc3ccc(C(C)(C)c4ccc(Oc5ccc(OOCc6ccc(OCCOc7ccccc7)cc6C(=O)O)cc5)cc4)cc3)cc2)c(C(=O)O)c1. The number of esters is 1. The van der Waals surface area contributed by atoms with Crippen LogP contribution < -0.4 is 33.3 Å². The Morgan fingerprint density at radius 1 is 0.515 bits per heavy atom. The van der Waals surface area contributed by atoms with Crippen molar-refractivity contribution >= 4 is 17.9 Å². The first-order chi connectivity index (χ1) is 31.9. The highest BCUT2D eigenvalue weighted by Crippen LogP contribution is 2.35. The number of ether oxygens (including phenoxy) is 6. The van der Waals surface area contributed by atoms with Crippen LogP contribution in [0.2, 0.25) is 0 Å². The number of aromatic carboxylic acids is 2. The van der Waals surface area contributed by atoms with Gasteiger partial charge in [-0.1, -0.05) is 68.8 Å². The summed E-state index contributed by atoms with van der Waals surface area (Å²) in [6.07, 6.45) is 7.07. The first-order valence-electron chi connectivity index (χ1n) is 20.4. The van der Waals surface area contributed by atoms with Crippen molar-refractivity contribution in [1.29, 1.82) is 0 Å². The summed E-state index contributed by atoms with van der Waals surface area (Å²) < 4.78 is 33.7. The second-order valence-corrected chi connectivity index (χ2v) is 14.9. The number of carbonyl (C=O) groups excluding carboxylic acids is 1. The molecule has 13 nitrogen and oxygen atoms in total. The molecule has 0 fully saturated rings. The summed E-state index contributed by atoms with van der Waals surface area (Å²) in [5.41, 5.74) is 1.72. The zero-order chi connectivity index (χ0) is 46.5. The summed E-state index contributed by atoms with van der Waals surface area (Å²) in [6, 6.07) is 46.6. The molecule has 0 spiro atoms. The van der Waals surface area contributed by atoms with Crippen LogP contribution in [-0.4, -0.2) is 41.3 Å². The zero-order valence-corrected chi connectivity index (χ0v) is 35.7. The van der Waals surface area contributed by atoms with E-state index in [9.17, 15) is 24.6 Å². The average Bonchev–Trinajstić information content (AvgIpc) is 3.32. The lowest BCUT2D eigenvalue weighted by Gasteiger charge is -2.26. The van der Waals surface area contributed by atoms with Crippen LogP contribution in [0.15, 0.2) is 164 Å². The highest BCUT2D eigenvalue weighted by molar-refractivity contribution is 6.03. The molecule has 7 aromatic carbocycles. The second-order valence-electron chi connectivity index (χ2n) is 14.9. The van der Waals surface area contributed by atoms with Crippen molar-refractivity contribution in [2.75, 3.05) is 13.2 Å². The second kappa shape index (κ2) is 21.1. The highest BCUT2D eigenvalue weighted by atomic mass is 17.2. The normalized spacial score (nSPS) is 10.8. The van der Waals surface area contributed by atoms with E-state index in [-0.39, 0.29) is 46.8 Å². The van der Waals surface area contributed by atoms with Crippen molar-refractivity contribution in [2.24, 2.45) is 0 Å². The summed E-state index contributed by atoms with van der Waals surface area (Å²) in [7, 11) is 0. The molecule has 66 heavy (non-hydrogen) atoms. The molecule has 0 aromatic heterocycles. The molecule has 0 unspecified atom stereocenters. The first-order valence-corrected chi connectivity index (χ1v) is 20.4.